The van der Waals surface area contributed by atoms with Gasteiger partial charge in [-0.2, -0.15) is 0 Å². The topological polar surface area (TPSA) is 51.2 Å². The van der Waals surface area contributed by atoms with Gasteiger partial charge in [0.1, 0.15) is 11.5 Å². The minimum absolute atomic E-state index is 0.0578. The van der Waals surface area contributed by atoms with Crippen molar-refractivity contribution >= 4 is 11.6 Å². The first-order valence-corrected chi connectivity index (χ1v) is 8.61. The molecule has 0 saturated carbocycles. The Morgan fingerprint density at radius 1 is 1.08 bits per heavy atom. The summed E-state index contributed by atoms with van der Waals surface area (Å²) in [6.45, 7) is 3.11. The predicted octanol–water partition coefficient (Wildman–Crippen LogP) is 2.09. The summed E-state index contributed by atoms with van der Waals surface area (Å²) in [6.07, 6.45) is 3.99. The van der Waals surface area contributed by atoms with Gasteiger partial charge in [-0.1, -0.05) is 6.08 Å². The van der Waals surface area contributed by atoms with Crippen LogP contribution in [0.15, 0.2) is 29.8 Å². The molecular weight excluding hydrogens is 320 g/mol. The Morgan fingerprint density at radius 2 is 1.80 bits per heavy atom. The monoisotopic (exact) mass is 346 g/mol. The van der Waals surface area contributed by atoms with Crippen molar-refractivity contribution < 1.29 is 19.0 Å². The van der Waals surface area contributed by atoms with Gasteiger partial charge in [-0.05, 0) is 18.4 Å². The smallest absolute Gasteiger partial charge is 0.244 e. The molecule has 3 rings (SSSR count). The van der Waals surface area contributed by atoms with E-state index in [1.165, 1.54) is 5.57 Å². The first-order valence-electron chi connectivity index (χ1n) is 8.61. The summed E-state index contributed by atoms with van der Waals surface area (Å²) in [4.78, 5) is 17.1. The number of ether oxygens (including phenoxy) is 3. The maximum atomic E-state index is 13.0. The lowest BCUT2D eigenvalue weighted by Gasteiger charge is -2.30. The quantitative estimate of drug-likeness (QED) is 0.738. The molecule has 136 valence electrons. The van der Waals surface area contributed by atoms with Gasteiger partial charge in [0.05, 0.1) is 32.6 Å². The van der Waals surface area contributed by atoms with Gasteiger partial charge in [0.2, 0.25) is 5.91 Å². The van der Waals surface area contributed by atoms with E-state index in [-0.39, 0.29) is 11.9 Å². The van der Waals surface area contributed by atoms with E-state index in [0.29, 0.717) is 24.7 Å². The van der Waals surface area contributed by atoms with Crippen molar-refractivity contribution in [3.05, 3.63) is 29.8 Å². The summed E-state index contributed by atoms with van der Waals surface area (Å²) < 4.78 is 15.8. The summed E-state index contributed by atoms with van der Waals surface area (Å²) in [5, 5.41) is 0. The molecular formula is C19H26N2O4. The van der Waals surface area contributed by atoms with Crippen LogP contribution >= 0.6 is 0 Å². The number of hydrogen-bond donors (Lipinski definition) is 0. The van der Waals surface area contributed by atoms with E-state index < -0.39 is 0 Å². The minimum atomic E-state index is -0.0578. The average Bonchev–Trinajstić information content (AvgIpc) is 3.03. The summed E-state index contributed by atoms with van der Waals surface area (Å²) in [7, 11) is 4.95. The Bertz CT molecular complexity index is 637. The molecule has 2 aliphatic rings. The molecule has 0 N–H and O–H groups in total. The molecule has 6 nitrogen and oxygen atoms in total. The first-order chi connectivity index (χ1) is 12.2. The molecule has 25 heavy (non-hydrogen) atoms. The van der Waals surface area contributed by atoms with Crippen molar-refractivity contribution in [3.8, 4) is 11.5 Å². The molecule has 0 radical (unpaired) electrons. The lowest BCUT2D eigenvalue weighted by molar-refractivity contribution is -0.121. The summed E-state index contributed by atoms with van der Waals surface area (Å²) in [5.74, 6) is 1.53. The summed E-state index contributed by atoms with van der Waals surface area (Å²) >= 11 is 0. The number of amides is 1. The lowest BCUT2D eigenvalue weighted by atomic mass is 10.1. The second kappa shape index (κ2) is 7.89. The Morgan fingerprint density at radius 3 is 2.36 bits per heavy atom. The molecule has 1 atom stereocenters. The molecule has 1 aromatic carbocycles. The number of rotatable bonds is 6. The summed E-state index contributed by atoms with van der Waals surface area (Å²) in [5.41, 5.74) is 2.15. The molecule has 0 unspecified atom stereocenters. The number of nitrogens with zero attached hydrogens (tertiary/aromatic N) is 2. The molecule has 1 amide bonds. The minimum Gasteiger partial charge on any atom is -0.497 e. The average molecular weight is 346 g/mol. The fourth-order valence-corrected chi connectivity index (χ4v) is 3.53. The van der Waals surface area contributed by atoms with Crippen LogP contribution in [0, 0.1) is 0 Å². The van der Waals surface area contributed by atoms with Crippen LogP contribution in [-0.2, 0) is 9.53 Å². The Labute approximate surface area is 148 Å². The van der Waals surface area contributed by atoms with Crippen LogP contribution < -0.4 is 14.4 Å². The van der Waals surface area contributed by atoms with Gasteiger partial charge in [0.25, 0.3) is 0 Å². The molecule has 1 aromatic rings. The molecule has 1 saturated heterocycles. The van der Waals surface area contributed by atoms with Crippen LogP contribution in [-0.4, -0.2) is 64.4 Å². The summed E-state index contributed by atoms with van der Waals surface area (Å²) in [6, 6.07) is 5.52. The van der Waals surface area contributed by atoms with E-state index >= 15 is 0 Å². The largest absolute Gasteiger partial charge is 0.497 e. The van der Waals surface area contributed by atoms with Crippen molar-refractivity contribution in [2.24, 2.45) is 0 Å². The zero-order chi connectivity index (χ0) is 17.8. The van der Waals surface area contributed by atoms with Gasteiger partial charge in [0.15, 0.2) is 0 Å². The van der Waals surface area contributed by atoms with Crippen molar-refractivity contribution in [3.63, 3.8) is 0 Å². The molecule has 2 heterocycles. The van der Waals surface area contributed by atoms with Gasteiger partial charge in [-0.15, -0.1) is 0 Å². The van der Waals surface area contributed by atoms with Crippen LogP contribution in [0.1, 0.15) is 12.8 Å². The number of carbonyl (C=O) groups is 1. The molecule has 0 aromatic heterocycles. The highest BCUT2D eigenvalue weighted by atomic mass is 16.5. The van der Waals surface area contributed by atoms with Crippen LogP contribution in [0.5, 0.6) is 11.5 Å². The fourth-order valence-electron chi connectivity index (χ4n) is 3.53. The van der Waals surface area contributed by atoms with Crippen LogP contribution in [0.2, 0.25) is 0 Å². The Hall–Kier alpha value is -2.05. The highest BCUT2D eigenvalue weighted by Crippen LogP contribution is 2.32. The maximum absolute atomic E-state index is 13.0. The van der Waals surface area contributed by atoms with E-state index in [1.807, 2.05) is 23.1 Å². The van der Waals surface area contributed by atoms with E-state index in [1.54, 1.807) is 21.3 Å². The van der Waals surface area contributed by atoms with Crippen molar-refractivity contribution in [2.45, 2.75) is 18.9 Å². The van der Waals surface area contributed by atoms with Crippen LogP contribution in [0.25, 0.3) is 0 Å². The van der Waals surface area contributed by atoms with Crippen LogP contribution in [0.3, 0.4) is 0 Å². The van der Waals surface area contributed by atoms with E-state index in [2.05, 4.69) is 11.0 Å². The van der Waals surface area contributed by atoms with Gasteiger partial charge in [-0.25, -0.2) is 0 Å². The number of hydrogen-bond acceptors (Lipinski definition) is 5. The third-order valence-corrected chi connectivity index (χ3v) is 4.93. The molecule has 0 aliphatic carbocycles. The standard InChI is InChI=1S/C19H26N2O4/c1-23-13-14-4-7-20(8-5-14)18-6-9-21(19(18)22)15-10-16(24-2)12-17(11-15)25-3/h4,10-12,18H,5-9,13H2,1-3H3/t18-/m0/s1. The first kappa shape index (κ1) is 17.8. The second-order valence-corrected chi connectivity index (χ2v) is 6.41. The number of methoxy groups -OCH3 is 3. The van der Waals surface area contributed by atoms with Crippen LogP contribution in [0.4, 0.5) is 5.69 Å². The zero-order valence-corrected chi connectivity index (χ0v) is 15.2. The normalized spacial score (nSPS) is 21.4. The van der Waals surface area contributed by atoms with E-state index in [0.717, 1.165) is 31.6 Å². The van der Waals surface area contributed by atoms with Gasteiger partial charge >= 0.3 is 0 Å². The Balaban J connectivity index is 1.72. The number of anilines is 1. The molecule has 2 aliphatic heterocycles. The predicted molar refractivity (Wildman–Crippen MR) is 96.5 cm³/mol. The maximum Gasteiger partial charge on any atom is 0.244 e. The van der Waals surface area contributed by atoms with Crippen molar-refractivity contribution in [1.82, 2.24) is 4.90 Å². The third kappa shape index (κ3) is 3.80. The highest BCUT2D eigenvalue weighted by Gasteiger charge is 2.37. The molecule has 0 spiro atoms. The Kier molecular flexibility index (Phi) is 5.60. The van der Waals surface area contributed by atoms with E-state index in [4.69, 9.17) is 14.2 Å². The molecule has 0 bridgehead atoms. The molecule has 6 heteroatoms. The fraction of sp³-hybridized carbons (Fsp3) is 0.526. The van der Waals surface area contributed by atoms with E-state index in [9.17, 15) is 4.79 Å². The molecule has 1 fully saturated rings. The number of benzene rings is 1. The van der Waals surface area contributed by atoms with Crippen molar-refractivity contribution in [1.29, 1.82) is 0 Å². The second-order valence-electron chi connectivity index (χ2n) is 6.41. The van der Waals surface area contributed by atoms with Gasteiger partial charge in [-0.3, -0.25) is 9.69 Å². The highest BCUT2D eigenvalue weighted by molar-refractivity contribution is 5.99. The SMILES string of the molecule is COCC1=CCN([C@H]2CCN(c3cc(OC)cc(OC)c3)C2=O)CC1. The zero-order valence-electron chi connectivity index (χ0n) is 15.2. The van der Waals surface area contributed by atoms with Gasteiger partial charge < -0.3 is 19.1 Å². The number of carbonyl (C=O) groups excluding carboxylic acids is 1. The van der Waals surface area contributed by atoms with Gasteiger partial charge in [0, 0.05) is 44.9 Å². The lowest BCUT2D eigenvalue weighted by Crippen LogP contribution is -2.44. The third-order valence-electron chi connectivity index (χ3n) is 4.93. The van der Waals surface area contributed by atoms with Crippen molar-refractivity contribution in [2.75, 3.05) is 52.5 Å².